The van der Waals surface area contributed by atoms with Crippen LogP contribution in [0, 0.1) is 0 Å². The first kappa shape index (κ1) is 15.4. The smallest absolute Gasteiger partial charge is 0.270 e. The zero-order valence-electron chi connectivity index (χ0n) is 11.7. The van der Waals surface area contributed by atoms with E-state index in [1.807, 2.05) is 18.2 Å². The molecule has 4 N–H and O–H groups in total. The van der Waals surface area contributed by atoms with E-state index in [2.05, 4.69) is 20.6 Å². The van der Waals surface area contributed by atoms with Crippen LogP contribution >= 0.6 is 11.3 Å². The number of hydrogen-bond donors (Lipinski definition) is 3. The van der Waals surface area contributed by atoms with Gasteiger partial charge < -0.3 is 16.4 Å². The average Bonchev–Trinajstić information content (AvgIpc) is 3.00. The summed E-state index contributed by atoms with van der Waals surface area (Å²) in [4.78, 5) is 20.1. The van der Waals surface area contributed by atoms with Crippen LogP contribution in [0.4, 0.5) is 5.82 Å². The molecule has 0 unspecified atom stereocenters. The van der Waals surface area contributed by atoms with E-state index < -0.39 is 0 Å². The van der Waals surface area contributed by atoms with Gasteiger partial charge in [0.25, 0.3) is 5.91 Å². The standard InChI is InChI=1S/C14H19N5OS/c15-9-13-19-11(10-21-13)14(20)18-8-4-3-7-17-12-5-1-2-6-16-12/h1-2,5-6,10H,3-4,7-9,15H2,(H,16,17)(H,18,20). The molecular weight excluding hydrogens is 286 g/mol. The Hall–Kier alpha value is -1.99. The summed E-state index contributed by atoms with van der Waals surface area (Å²) in [5.74, 6) is 0.738. The lowest BCUT2D eigenvalue weighted by Gasteiger charge is -2.05. The van der Waals surface area contributed by atoms with E-state index in [4.69, 9.17) is 5.73 Å². The Morgan fingerprint density at radius 2 is 2.14 bits per heavy atom. The molecule has 1 amide bonds. The second-order valence-electron chi connectivity index (χ2n) is 4.44. The molecule has 0 atom stereocenters. The van der Waals surface area contributed by atoms with E-state index >= 15 is 0 Å². The molecule has 7 heteroatoms. The van der Waals surface area contributed by atoms with Gasteiger partial charge in [0.05, 0.1) is 0 Å². The largest absolute Gasteiger partial charge is 0.370 e. The van der Waals surface area contributed by atoms with Gasteiger partial charge >= 0.3 is 0 Å². The molecule has 0 fully saturated rings. The zero-order valence-corrected chi connectivity index (χ0v) is 12.5. The van der Waals surface area contributed by atoms with Gasteiger partial charge in [0.2, 0.25) is 0 Å². The predicted octanol–water partition coefficient (Wildman–Crippen LogP) is 1.62. The molecule has 112 valence electrons. The zero-order chi connectivity index (χ0) is 14.9. The van der Waals surface area contributed by atoms with Crippen molar-refractivity contribution < 1.29 is 4.79 Å². The molecule has 6 nitrogen and oxygen atoms in total. The highest BCUT2D eigenvalue weighted by Crippen LogP contribution is 2.08. The van der Waals surface area contributed by atoms with Crippen molar-refractivity contribution in [2.24, 2.45) is 5.73 Å². The molecule has 2 aromatic rings. The number of carbonyl (C=O) groups excluding carboxylic acids is 1. The second-order valence-corrected chi connectivity index (χ2v) is 5.38. The number of rotatable bonds is 8. The summed E-state index contributed by atoms with van der Waals surface area (Å²) < 4.78 is 0. The molecule has 2 heterocycles. The number of nitrogens with one attached hydrogen (secondary N) is 2. The van der Waals surface area contributed by atoms with Crippen molar-refractivity contribution in [3.63, 3.8) is 0 Å². The normalized spacial score (nSPS) is 10.3. The summed E-state index contributed by atoms with van der Waals surface area (Å²) in [5, 5.41) is 8.60. The second kappa shape index (κ2) is 8.33. The molecule has 0 aliphatic rings. The SMILES string of the molecule is NCc1nc(C(=O)NCCCCNc2ccccn2)cs1. The summed E-state index contributed by atoms with van der Waals surface area (Å²) in [6.45, 7) is 1.84. The summed E-state index contributed by atoms with van der Waals surface area (Å²) in [6.07, 6.45) is 3.62. The number of anilines is 1. The topological polar surface area (TPSA) is 92.9 Å². The maximum Gasteiger partial charge on any atom is 0.270 e. The lowest BCUT2D eigenvalue weighted by atomic mass is 10.3. The highest BCUT2D eigenvalue weighted by atomic mass is 32.1. The van der Waals surface area contributed by atoms with E-state index in [1.165, 1.54) is 11.3 Å². The van der Waals surface area contributed by atoms with Crippen LogP contribution in [-0.4, -0.2) is 29.0 Å². The van der Waals surface area contributed by atoms with E-state index in [-0.39, 0.29) is 5.91 Å². The van der Waals surface area contributed by atoms with Gasteiger partial charge in [-0.2, -0.15) is 0 Å². The van der Waals surface area contributed by atoms with Gasteiger partial charge in [-0.15, -0.1) is 11.3 Å². The molecule has 0 aromatic carbocycles. The Kier molecular flexibility index (Phi) is 6.11. The minimum atomic E-state index is -0.136. The Balaban J connectivity index is 1.58. The van der Waals surface area contributed by atoms with Gasteiger partial charge in [-0.05, 0) is 25.0 Å². The fourth-order valence-corrected chi connectivity index (χ4v) is 2.39. The monoisotopic (exact) mass is 305 g/mol. The average molecular weight is 305 g/mol. The third kappa shape index (κ3) is 5.13. The lowest BCUT2D eigenvalue weighted by Crippen LogP contribution is -2.25. The van der Waals surface area contributed by atoms with E-state index in [0.717, 1.165) is 30.2 Å². The number of pyridine rings is 1. The summed E-state index contributed by atoms with van der Waals surface area (Å²) in [7, 11) is 0. The van der Waals surface area contributed by atoms with Crippen molar-refractivity contribution in [1.29, 1.82) is 0 Å². The van der Waals surface area contributed by atoms with Crippen LogP contribution in [0.5, 0.6) is 0 Å². The number of amides is 1. The Labute approximate surface area is 127 Å². The maximum atomic E-state index is 11.8. The number of hydrogen-bond acceptors (Lipinski definition) is 6. The minimum absolute atomic E-state index is 0.136. The Bertz CT molecular complexity index is 558. The summed E-state index contributed by atoms with van der Waals surface area (Å²) in [6, 6.07) is 5.76. The van der Waals surface area contributed by atoms with E-state index in [0.29, 0.717) is 18.8 Å². The van der Waals surface area contributed by atoms with Crippen LogP contribution in [0.2, 0.25) is 0 Å². The molecule has 2 rings (SSSR count). The van der Waals surface area contributed by atoms with Crippen LogP contribution in [0.3, 0.4) is 0 Å². The highest BCUT2D eigenvalue weighted by Gasteiger charge is 2.08. The first-order valence-corrected chi connectivity index (χ1v) is 7.75. The van der Waals surface area contributed by atoms with E-state index in [1.54, 1.807) is 11.6 Å². The van der Waals surface area contributed by atoms with Crippen LogP contribution in [0.15, 0.2) is 29.8 Å². The van der Waals surface area contributed by atoms with Crippen LogP contribution in [0.25, 0.3) is 0 Å². The molecular formula is C14H19N5OS. The van der Waals surface area contributed by atoms with Crippen molar-refractivity contribution in [2.75, 3.05) is 18.4 Å². The fraction of sp³-hybridized carbons (Fsp3) is 0.357. The van der Waals surface area contributed by atoms with Crippen LogP contribution in [-0.2, 0) is 6.54 Å². The number of unbranched alkanes of at least 4 members (excludes halogenated alkanes) is 1. The molecule has 0 saturated carbocycles. The number of carbonyl (C=O) groups is 1. The van der Waals surface area contributed by atoms with Crippen molar-refractivity contribution in [1.82, 2.24) is 15.3 Å². The molecule has 21 heavy (non-hydrogen) atoms. The maximum absolute atomic E-state index is 11.8. The third-order valence-electron chi connectivity index (χ3n) is 2.82. The minimum Gasteiger partial charge on any atom is -0.370 e. The number of aromatic nitrogens is 2. The lowest BCUT2D eigenvalue weighted by molar-refractivity contribution is 0.0948. The predicted molar refractivity (Wildman–Crippen MR) is 84.3 cm³/mol. The van der Waals surface area contributed by atoms with Crippen LogP contribution < -0.4 is 16.4 Å². The van der Waals surface area contributed by atoms with Crippen molar-refractivity contribution in [2.45, 2.75) is 19.4 Å². The Morgan fingerprint density at radius 1 is 1.29 bits per heavy atom. The van der Waals surface area contributed by atoms with Gasteiger partial charge in [-0.1, -0.05) is 6.07 Å². The highest BCUT2D eigenvalue weighted by molar-refractivity contribution is 7.09. The van der Waals surface area contributed by atoms with Gasteiger partial charge in [0.15, 0.2) is 0 Å². The first-order chi connectivity index (χ1) is 10.3. The van der Waals surface area contributed by atoms with Crippen molar-refractivity contribution in [3.05, 3.63) is 40.5 Å². The Morgan fingerprint density at radius 3 is 2.86 bits per heavy atom. The fourth-order valence-electron chi connectivity index (χ4n) is 1.74. The van der Waals surface area contributed by atoms with Gasteiger partial charge in [0, 0.05) is 31.2 Å². The van der Waals surface area contributed by atoms with Crippen LogP contribution in [0.1, 0.15) is 28.3 Å². The molecule has 0 spiro atoms. The van der Waals surface area contributed by atoms with Crippen molar-refractivity contribution in [3.8, 4) is 0 Å². The molecule has 0 bridgehead atoms. The molecule has 0 aliphatic carbocycles. The molecule has 2 aromatic heterocycles. The number of nitrogens with two attached hydrogens (primary N) is 1. The third-order valence-corrected chi connectivity index (χ3v) is 3.69. The summed E-state index contributed by atoms with van der Waals surface area (Å²) >= 11 is 1.41. The van der Waals surface area contributed by atoms with Gasteiger partial charge in [0.1, 0.15) is 16.5 Å². The van der Waals surface area contributed by atoms with E-state index in [9.17, 15) is 4.79 Å². The molecule has 0 aliphatic heterocycles. The van der Waals surface area contributed by atoms with Gasteiger partial charge in [-0.3, -0.25) is 4.79 Å². The summed E-state index contributed by atoms with van der Waals surface area (Å²) in [5.41, 5.74) is 5.92. The molecule has 0 saturated heterocycles. The van der Waals surface area contributed by atoms with Crippen molar-refractivity contribution >= 4 is 23.1 Å². The number of thiazole rings is 1. The molecule has 0 radical (unpaired) electrons. The van der Waals surface area contributed by atoms with Gasteiger partial charge in [-0.25, -0.2) is 9.97 Å². The first-order valence-electron chi connectivity index (χ1n) is 6.87. The quantitative estimate of drug-likeness (QED) is 0.644. The number of nitrogens with zero attached hydrogens (tertiary/aromatic N) is 2.